The molecule has 0 aliphatic carbocycles. The van der Waals surface area contributed by atoms with Crippen LogP contribution < -0.4 is 0 Å². The first kappa shape index (κ1) is 15.8. The van der Waals surface area contributed by atoms with Crippen molar-refractivity contribution in [1.29, 1.82) is 0 Å². The summed E-state index contributed by atoms with van der Waals surface area (Å²) in [6.07, 6.45) is 0.468. The third-order valence-corrected chi connectivity index (χ3v) is 4.56. The molecule has 5 nitrogen and oxygen atoms in total. The summed E-state index contributed by atoms with van der Waals surface area (Å²) in [6, 6.07) is 5.60. The average molecular weight is 349 g/mol. The molecule has 1 aromatic carbocycles. The van der Waals surface area contributed by atoms with Crippen LogP contribution >= 0.6 is 23.1 Å². The first-order chi connectivity index (χ1) is 11.1. The number of hydrogen-bond acceptors (Lipinski definition) is 7. The quantitative estimate of drug-likeness (QED) is 0.501. The first-order valence-corrected chi connectivity index (χ1v) is 8.61. The fourth-order valence-electron chi connectivity index (χ4n) is 1.88. The summed E-state index contributed by atoms with van der Waals surface area (Å²) in [5, 5.41) is 11.1. The number of hydrogen-bond donors (Lipinski definition) is 0. The van der Waals surface area contributed by atoms with Crippen LogP contribution in [0.5, 0.6) is 0 Å². The number of Topliss-reactive ketones (excluding diaryl/α,β-unsaturated/α-hetero) is 1. The zero-order chi connectivity index (χ0) is 16.2. The monoisotopic (exact) mass is 349 g/mol. The van der Waals surface area contributed by atoms with Crippen molar-refractivity contribution < 1.29 is 13.6 Å². The number of thiazole rings is 1. The molecule has 0 spiro atoms. The topological polar surface area (TPSA) is 68.9 Å². The Labute approximate surface area is 140 Å². The van der Waals surface area contributed by atoms with Gasteiger partial charge in [0.05, 0.1) is 22.9 Å². The number of ketones is 1. The smallest absolute Gasteiger partial charge is 0.277 e. The molecule has 0 unspecified atom stereocenters. The van der Waals surface area contributed by atoms with Crippen molar-refractivity contribution >= 4 is 28.9 Å². The highest BCUT2D eigenvalue weighted by Gasteiger charge is 2.13. The molecule has 0 saturated heterocycles. The van der Waals surface area contributed by atoms with E-state index in [2.05, 4.69) is 15.2 Å². The first-order valence-electron chi connectivity index (χ1n) is 6.75. The van der Waals surface area contributed by atoms with Gasteiger partial charge in [0.1, 0.15) is 5.82 Å². The molecule has 0 N–H and O–H groups in total. The normalized spacial score (nSPS) is 10.9. The number of thioether (sulfide) groups is 1. The largest absolute Gasteiger partial charge is 0.416 e. The van der Waals surface area contributed by atoms with Crippen LogP contribution in [0.2, 0.25) is 0 Å². The Balaban J connectivity index is 1.57. The molecule has 118 valence electrons. The van der Waals surface area contributed by atoms with E-state index in [1.807, 2.05) is 12.3 Å². The van der Waals surface area contributed by atoms with E-state index in [1.165, 1.54) is 18.2 Å². The molecule has 0 fully saturated rings. The number of aromatic nitrogens is 3. The van der Waals surface area contributed by atoms with Gasteiger partial charge < -0.3 is 4.42 Å². The molecule has 0 bridgehead atoms. The Bertz CT molecular complexity index is 832. The molecule has 8 heteroatoms. The number of aryl methyl sites for hydroxylation is 1. The van der Waals surface area contributed by atoms with Gasteiger partial charge in [-0.1, -0.05) is 23.9 Å². The predicted octanol–water partition coefficient (Wildman–Crippen LogP) is 3.54. The number of halogens is 1. The van der Waals surface area contributed by atoms with E-state index >= 15 is 0 Å². The van der Waals surface area contributed by atoms with Gasteiger partial charge in [0, 0.05) is 10.9 Å². The lowest BCUT2D eigenvalue weighted by Gasteiger charge is -1.98. The lowest BCUT2D eigenvalue weighted by Crippen LogP contribution is -2.02. The molecule has 0 aliphatic heterocycles. The molecular weight excluding hydrogens is 337 g/mol. The Hall–Kier alpha value is -2.06. The predicted molar refractivity (Wildman–Crippen MR) is 85.4 cm³/mol. The maximum Gasteiger partial charge on any atom is 0.277 e. The van der Waals surface area contributed by atoms with Gasteiger partial charge in [0.2, 0.25) is 5.89 Å². The van der Waals surface area contributed by atoms with Crippen molar-refractivity contribution in [2.45, 2.75) is 18.6 Å². The fraction of sp³-hybridized carbons (Fsp3) is 0.200. The van der Waals surface area contributed by atoms with Crippen molar-refractivity contribution in [2.24, 2.45) is 0 Å². The van der Waals surface area contributed by atoms with Crippen LogP contribution in [0.1, 0.15) is 27.0 Å². The van der Waals surface area contributed by atoms with E-state index < -0.39 is 5.82 Å². The van der Waals surface area contributed by atoms with Crippen LogP contribution in [0.25, 0.3) is 0 Å². The van der Waals surface area contributed by atoms with Gasteiger partial charge in [-0.05, 0) is 19.1 Å². The molecule has 3 rings (SSSR count). The number of benzene rings is 1. The van der Waals surface area contributed by atoms with Crippen LogP contribution in [0.15, 0.2) is 39.3 Å². The molecule has 3 aromatic rings. The SMILES string of the molecule is Cc1nc(Cc2nnc(SCC(=O)c3cccc(F)c3)o2)cs1. The Kier molecular flexibility index (Phi) is 4.82. The summed E-state index contributed by atoms with van der Waals surface area (Å²) in [7, 11) is 0. The summed E-state index contributed by atoms with van der Waals surface area (Å²) < 4.78 is 18.6. The van der Waals surface area contributed by atoms with Crippen molar-refractivity contribution in [2.75, 3.05) is 5.75 Å². The van der Waals surface area contributed by atoms with E-state index in [4.69, 9.17) is 4.42 Å². The zero-order valence-corrected chi connectivity index (χ0v) is 13.8. The lowest BCUT2D eigenvalue weighted by molar-refractivity contribution is 0.102. The molecule has 0 atom stereocenters. The third kappa shape index (κ3) is 4.23. The van der Waals surface area contributed by atoms with E-state index in [1.54, 1.807) is 17.4 Å². The standard InChI is InChI=1S/C15H12FN3O2S2/c1-9-17-12(7-22-9)6-14-18-19-15(21-14)23-8-13(20)10-3-2-4-11(16)5-10/h2-5,7H,6,8H2,1H3. The van der Waals surface area contributed by atoms with E-state index in [0.29, 0.717) is 23.1 Å². The van der Waals surface area contributed by atoms with Crippen molar-refractivity contribution in [3.05, 3.63) is 57.6 Å². The molecule has 0 radical (unpaired) electrons. The van der Waals surface area contributed by atoms with Gasteiger partial charge in [-0.2, -0.15) is 0 Å². The summed E-state index contributed by atoms with van der Waals surface area (Å²) in [5.41, 5.74) is 1.21. The highest BCUT2D eigenvalue weighted by atomic mass is 32.2. The summed E-state index contributed by atoms with van der Waals surface area (Å²) in [5.74, 6) is -0.0548. The molecule has 2 aromatic heterocycles. The van der Waals surface area contributed by atoms with Gasteiger partial charge >= 0.3 is 0 Å². The van der Waals surface area contributed by atoms with Crippen molar-refractivity contribution in [3.8, 4) is 0 Å². The molecule has 0 aliphatic rings. The maximum atomic E-state index is 13.1. The number of carbonyl (C=O) groups excluding carboxylic acids is 1. The minimum atomic E-state index is -0.431. The Morgan fingerprint density at radius 1 is 1.39 bits per heavy atom. The van der Waals surface area contributed by atoms with Crippen LogP contribution in [-0.4, -0.2) is 26.7 Å². The summed E-state index contributed by atoms with van der Waals surface area (Å²) in [6.45, 7) is 1.93. The van der Waals surface area contributed by atoms with E-state index in [0.717, 1.165) is 22.5 Å². The Morgan fingerprint density at radius 2 is 2.26 bits per heavy atom. The van der Waals surface area contributed by atoms with Crippen LogP contribution in [-0.2, 0) is 6.42 Å². The second kappa shape index (κ2) is 7.01. The highest BCUT2D eigenvalue weighted by Crippen LogP contribution is 2.20. The second-order valence-electron chi connectivity index (χ2n) is 4.72. The number of rotatable bonds is 6. The fourth-order valence-corrected chi connectivity index (χ4v) is 3.17. The van der Waals surface area contributed by atoms with Crippen molar-refractivity contribution in [3.63, 3.8) is 0 Å². The minimum Gasteiger partial charge on any atom is -0.416 e. The third-order valence-electron chi connectivity index (χ3n) is 2.92. The van der Waals surface area contributed by atoms with Gasteiger partial charge in [-0.25, -0.2) is 9.37 Å². The maximum absolute atomic E-state index is 13.1. The van der Waals surface area contributed by atoms with Crippen LogP contribution in [0, 0.1) is 12.7 Å². The van der Waals surface area contributed by atoms with Gasteiger partial charge in [0.25, 0.3) is 5.22 Å². The second-order valence-corrected chi connectivity index (χ2v) is 6.71. The summed E-state index contributed by atoms with van der Waals surface area (Å²) in [4.78, 5) is 16.3. The van der Waals surface area contributed by atoms with Gasteiger partial charge in [0.15, 0.2) is 5.78 Å². The van der Waals surface area contributed by atoms with Crippen LogP contribution in [0.4, 0.5) is 4.39 Å². The number of carbonyl (C=O) groups is 1. The molecule has 2 heterocycles. The Morgan fingerprint density at radius 3 is 3.00 bits per heavy atom. The van der Waals surface area contributed by atoms with Gasteiger partial charge in [-0.15, -0.1) is 21.5 Å². The average Bonchev–Trinajstić information content (AvgIpc) is 3.14. The number of nitrogens with zero attached hydrogens (tertiary/aromatic N) is 3. The molecule has 0 amide bonds. The van der Waals surface area contributed by atoms with Crippen molar-refractivity contribution in [1.82, 2.24) is 15.2 Å². The van der Waals surface area contributed by atoms with Gasteiger partial charge in [-0.3, -0.25) is 4.79 Å². The minimum absolute atomic E-state index is 0.112. The lowest BCUT2D eigenvalue weighted by atomic mass is 10.1. The summed E-state index contributed by atoms with van der Waals surface area (Å²) >= 11 is 2.70. The van der Waals surface area contributed by atoms with E-state index in [9.17, 15) is 9.18 Å². The molecular formula is C15H12FN3O2S2. The van der Waals surface area contributed by atoms with E-state index in [-0.39, 0.29) is 11.5 Å². The highest BCUT2D eigenvalue weighted by molar-refractivity contribution is 7.99. The molecule has 23 heavy (non-hydrogen) atoms. The zero-order valence-electron chi connectivity index (χ0n) is 12.2. The van der Waals surface area contributed by atoms with Crippen LogP contribution in [0.3, 0.4) is 0 Å². The molecule has 0 saturated carbocycles.